The van der Waals surface area contributed by atoms with E-state index in [0.29, 0.717) is 6.42 Å². The molecule has 5 atom stereocenters. The second-order valence-electron chi connectivity index (χ2n) is 7.97. The van der Waals surface area contributed by atoms with E-state index in [1.54, 1.807) is 13.8 Å². The van der Waals surface area contributed by atoms with Crippen molar-refractivity contribution in [2.45, 2.75) is 76.5 Å². The fourth-order valence-corrected chi connectivity index (χ4v) is 2.86. The van der Waals surface area contributed by atoms with Crippen molar-refractivity contribution in [3.63, 3.8) is 0 Å². The topological polar surface area (TPSA) is 268 Å². The number of aliphatic carboxylic acids is 3. The van der Waals surface area contributed by atoms with E-state index in [-0.39, 0.29) is 12.8 Å². The first-order valence-electron chi connectivity index (χ1n) is 10.8. The molecule has 0 aromatic heterocycles. The molecule has 5 unspecified atom stereocenters. The molecule has 0 bridgehead atoms. The van der Waals surface area contributed by atoms with Gasteiger partial charge in [-0.1, -0.05) is 20.3 Å². The minimum absolute atomic E-state index is 0.281. The maximum Gasteiger partial charge on any atom is 0.326 e. The summed E-state index contributed by atoms with van der Waals surface area (Å²) < 4.78 is 0. The fourth-order valence-electron chi connectivity index (χ4n) is 2.86. The quantitative estimate of drug-likeness (QED) is 0.103. The average Bonchev–Trinajstić information content (AvgIpc) is 2.75. The molecule has 15 heteroatoms. The number of carboxylic acids is 3. The zero-order chi connectivity index (χ0) is 27.3. The molecule has 0 aliphatic heterocycles. The van der Waals surface area contributed by atoms with Crippen LogP contribution in [0.15, 0.2) is 0 Å². The highest BCUT2D eigenvalue weighted by molar-refractivity contribution is 5.95. The lowest BCUT2D eigenvalue weighted by molar-refractivity contribution is -0.143. The number of rotatable bonds is 17. The van der Waals surface area contributed by atoms with Gasteiger partial charge in [-0.15, -0.1) is 0 Å². The largest absolute Gasteiger partial charge is 0.481 e. The van der Waals surface area contributed by atoms with Gasteiger partial charge in [-0.2, -0.15) is 0 Å². The van der Waals surface area contributed by atoms with E-state index in [4.69, 9.17) is 21.7 Å². The molecule has 4 amide bonds. The Labute approximate surface area is 201 Å². The predicted octanol–water partition coefficient (Wildman–Crippen LogP) is -2.50. The third-order valence-corrected chi connectivity index (χ3v) is 5.10. The maximum absolute atomic E-state index is 12.9. The van der Waals surface area contributed by atoms with Crippen LogP contribution in [0.5, 0.6) is 0 Å². The summed E-state index contributed by atoms with van der Waals surface area (Å²) in [5, 5.41) is 33.8. The summed E-state index contributed by atoms with van der Waals surface area (Å²) in [5.41, 5.74) is 10.5. The molecule has 35 heavy (non-hydrogen) atoms. The van der Waals surface area contributed by atoms with Crippen LogP contribution in [0.1, 0.15) is 52.4 Å². The van der Waals surface area contributed by atoms with Crippen molar-refractivity contribution in [2.24, 2.45) is 17.4 Å². The Bertz CT molecular complexity index is 818. The summed E-state index contributed by atoms with van der Waals surface area (Å²) in [6, 6.07) is -5.72. The molecule has 0 spiro atoms. The predicted molar refractivity (Wildman–Crippen MR) is 118 cm³/mol. The minimum Gasteiger partial charge on any atom is -0.481 e. The van der Waals surface area contributed by atoms with Crippen LogP contribution in [0.25, 0.3) is 0 Å². The van der Waals surface area contributed by atoms with E-state index in [2.05, 4.69) is 16.0 Å². The number of hydrogen-bond donors (Lipinski definition) is 8. The third kappa shape index (κ3) is 12.3. The van der Waals surface area contributed by atoms with Crippen molar-refractivity contribution in [1.82, 2.24) is 16.0 Å². The van der Waals surface area contributed by atoms with Crippen LogP contribution >= 0.6 is 0 Å². The van der Waals surface area contributed by atoms with E-state index < -0.39 is 90.9 Å². The number of nitrogens with two attached hydrogens (primary N) is 2. The first kappa shape index (κ1) is 31.2. The molecule has 0 saturated heterocycles. The number of carbonyl (C=O) groups is 7. The van der Waals surface area contributed by atoms with Crippen molar-refractivity contribution >= 4 is 41.5 Å². The smallest absolute Gasteiger partial charge is 0.326 e. The molecule has 0 saturated carbocycles. The minimum atomic E-state index is -1.51. The summed E-state index contributed by atoms with van der Waals surface area (Å²) in [7, 11) is 0. The summed E-state index contributed by atoms with van der Waals surface area (Å²) >= 11 is 0. The van der Waals surface area contributed by atoms with Crippen molar-refractivity contribution in [1.29, 1.82) is 0 Å². The van der Waals surface area contributed by atoms with Crippen molar-refractivity contribution in [2.75, 3.05) is 0 Å². The molecular formula is C20H33N5O10. The molecule has 0 heterocycles. The number of primary amides is 1. The zero-order valence-electron chi connectivity index (χ0n) is 19.5. The normalized spacial score (nSPS) is 14.9. The van der Waals surface area contributed by atoms with Crippen LogP contribution in [0.4, 0.5) is 0 Å². The Morgan fingerprint density at radius 1 is 0.771 bits per heavy atom. The molecule has 0 aliphatic carbocycles. The van der Waals surface area contributed by atoms with Gasteiger partial charge in [-0.3, -0.25) is 28.8 Å². The van der Waals surface area contributed by atoms with Crippen LogP contribution in [0, 0.1) is 5.92 Å². The summed E-state index contributed by atoms with van der Waals surface area (Å²) in [6.45, 7) is 3.30. The molecule has 0 aliphatic rings. The van der Waals surface area contributed by atoms with Crippen LogP contribution in [-0.4, -0.2) is 81.0 Å². The van der Waals surface area contributed by atoms with Gasteiger partial charge in [0, 0.05) is 12.8 Å². The van der Waals surface area contributed by atoms with Gasteiger partial charge in [-0.05, 0) is 18.8 Å². The van der Waals surface area contributed by atoms with Gasteiger partial charge < -0.3 is 42.7 Å². The van der Waals surface area contributed by atoms with E-state index >= 15 is 0 Å². The Kier molecular flexibility index (Phi) is 13.6. The fraction of sp³-hybridized carbons (Fsp3) is 0.650. The molecule has 0 aromatic rings. The monoisotopic (exact) mass is 503 g/mol. The summed E-state index contributed by atoms with van der Waals surface area (Å²) in [6.07, 6.45) is -1.89. The number of hydrogen-bond acceptors (Lipinski definition) is 8. The molecule has 0 rings (SSSR count). The lowest BCUT2D eigenvalue weighted by Crippen LogP contribution is -2.58. The summed E-state index contributed by atoms with van der Waals surface area (Å²) in [5.74, 6) is -8.20. The van der Waals surface area contributed by atoms with E-state index in [1.807, 2.05) is 0 Å². The summed E-state index contributed by atoms with van der Waals surface area (Å²) in [4.78, 5) is 82.0. The van der Waals surface area contributed by atoms with Gasteiger partial charge in [0.25, 0.3) is 0 Å². The van der Waals surface area contributed by atoms with Crippen molar-refractivity contribution in [3.05, 3.63) is 0 Å². The average molecular weight is 504 g/mol. The van der Waals surface area contributed by atoms with E-state index in [1.165, 1.54) is 0 Å². The van der Waals surface area contributed by atoms with E-state index in [9.17, 15) is 38.7 Å². The first-order chi connectivity index (χ1) is 16.2. The van der Waals surface area contributed by atoms with E-state index in [0.717, 1.165) is 0 Å². The van der Waals surface area contributed by atoms with Gasteiger partial charge in [-0.25, -0.2) is 4.79 Å². The molecule has 0 aromatic carbocycles. The Balaban J connectivity index is 5.63. The Hall–Kier alpha value is -3.75. The van der Waals surface area contributed by atoms with Gasteiger partial charge >= 0.3 is 17.9 Å². The molecular weight excluding hydrogens is 470 g/mol. The van der Waals surface area contributed by atoms with Gasteiger partial charge in [0.05, 0.1) is 12.5 Å². The van der Waals surface area contributed by atoms with Gasteiger partial charge in [0.1, 0.15) is 18.1 Å². The van der Waals surface area contributed by atoms with Crippen LogP contribution < -0.4 is 27.4 Å². The molecule has 10 N–H and O–H groups in total. The number of nitrogens with one attached hydrogen (secondary N) is 3. The van der Waals surface area contributed by atoms with Crippen LogP contribution in [0.3, 0.4) is 0 Å². The Morgan fingerprint density at radius 3 is 1.77 bits per heavy atom. The zero-order valence-corrected chi connectivity index (χ0v) is 19.5. The second-order valence-corrected chi connectivity index (χ2v) is 7.97. The van der Waals surface area contributed by atoms with Crippen LogP contribution in [-0.2, 0) is 33.6 Å². The molecule has 198 valence electrons. The highest BCUT2D eigenvalue weighted by atomic mass is 16.4. The number of amides is 4. The van der Waals surface area contributed by atoms with Crippen molar-refractivity contribution < 1.29 is 48.9 Å². The maximum atomic E-state index is 12.9. The first-order valence-corrected chi connectivity index (χ1v) is 10.8. The SMILES string of the molecule is CCC(C)C(NC(=O)C(CCC(=O)O)NC(=O)C(N)CC(=O)O)C(=O)NC(CCC(N)=O)C(=O)O. The molecule has 15 nitrogen and oxygen atoms in total. The molecule has 0 radical (unpaired) electrons. The van der Waals surface area contributed by atoms with Gasteiger partial charge in [0.15, 0.2) is 0 Å². The standard InChI is InChI=1S/C20H33N5O10/c1-3-9(2)16(19(33)24-12(20(34)35)4-6-13(22)26)25-18(32)11(5-7-14(27)28)23-17(31)10(21)8-15(29)30/h9-12,16H,3-8,21H2,1-2H3,(H2,22,26)(H,23,31)(H,24,33)(H,25,32)(H,27,28)(H,29,30)(H,34,35). The number of carbonyl (C=O) groups excluding carboxylic acids is 4. The number of carboxylic acid groups (broad SMARTS) is 3. The van der Waals surface area contributed by atoms with Gasteiger partial charge in [0.2, 0.25) is 23.6 Å². The highest BCUT2D eigenvalue weighted by Crippen LogP contribution is 2.11. The second kappa shape index (κ2) is 15.2. The lowest BCUT2D eigenvalue weighted by atomic mass is 9.96. The molecule has 0 fully saturated rings. The third-order valence-electron chi connectivity index (χ3n) is 5.10. The Morgan fingerprint density at radius 2 is 1.31 bits per heavy atom. The van der Waals surface area contributed by atoms with Crippen LogP contribution in [0.2, 0.25) is 0 Å². The highest BCUT2D eigenvalue weighted by Gasteiger charge is 2.33. The lowest BCUT2D eigenvalue weighted by Gasteiger charge is -2.28. The van der Waals surface area contributed by atoms with Crippen molar-refractivity contribution in [3.8, 4) is 0 Å².